The lowest BCUT2D eigenvalue weighted by Gasteiger charge is -2.25. The molecule has 0 aliphatic heterocycles. The molecular formula is C13H23NO2. The van der Waals surface area contributed by atoms with Gasteiger partial charge in [0.25, 0.3) is 0 Å². The van der Waals surface area contributed by atoms with Gasteiger partial charge in [-0.05, 0) is 38.8 Å². The van der Waals surface area contributed by atoms with E-state index >= 15 is 0 Å². The van der Waals surface area contributed by atoms with Crippen molar-refractivity contribution in [3.8, 4) is 0 Å². The molecule has 3 nitrogen and oxygen atoms in total. The molecule has 0 aliphatic rings. The summed E-state index contributed by atoms with van der Waals surface area (Å²) in [6, 6.07) is 4.08. The second-order valence-corrected chi connectivity index (χ2v) is 5.10. The molecule has 0 saturated heterocycles. The Hall–Kier alpha value is -0.800. The lowest BCUT2D eigenvalue weighted by Crippen LogP contribution is -2.41. The molecule has 16 heavy (non-hydrogen) atoms. The predicted octanol–water partition coefficient (Wildman–Crippen LogP) is 2.43. The summed E-state index contributed by atoms with van der Waals surface area (Å²) in [6.07, 6.45) is 0. The van der Waals surface area contributed by atoms with Crippen molar-refractivity contribution < 1.29 is 9.52 Å². The summed E-state index contributed by atoms with van der Waals surface area (Å²) in [5.74, 6) is 2.00. The molecule has 2 N–H and O–H groups in total. The standard InChI is InChI=1S/C13H23NO2/c1-9(2)11(4)14-8-13(5,15)12-7-6-10(3)16-12/h6-7,9,11,14-15H,8H2,1-5H3. The van der Waals surface area contributed by atoms with E-state index in [1.54, 1.807) is 6.92 Å². The minimum atomic E-state index is -0.947. The zero-order chi connectivity index (χ0) is 12.3. The van der Waals surface area contributed by atoms with Gasteiger partial charge in [-0.25, -0.2) is 0 Å². The van der Waals surface area contributed by atoms with E-state index in [0.29, 0.717) is 24.3 Å². The minimum absolute atomic E-state index is 0.377. The SMILES string of the molecule is Cc1ccc(C(C)(O)CNC(C)C(C)C)o1. The highest BCUT2D eigenvalue weighted by Crippen LogP contribution is 2.22. The van der Waals surface area contributed by atoms with Gasteiger partial charge in [-0.15, -0.1) is 0 Å². The molecule has 0 fully saturated rings. The molecule has 0 radical (unpaired) electrons. The van der Waals surface area contributed by atoms with Crippen LogP contribution >= 0.6 is 0 Å². The van der Waals surface area contributed by atoms with Gasteiger partial charge >= 0.3 is 0 Å². The summed E-state index contributed by atoms with van der Waals surface area (Å²) in [5.41, 5.74) is -0.947. The maximum absolute atomic E-state index is 10.3. The molecule has 0 amide bonds. The van der Waals surface area contributed by atoms with Crippen LogP contribution in [0.3, 0.4) is 0 Å². The van der Waals surface area contributed by atoms with Crippen LogP contribution in [0.25, 0.3) is 0 Å². The van der Waals surface area contributed by atoms with E-state index < -0.39 is 5.60 Å². The minimum Gasteiger partial charge on any atom is -0.463 e. The molecule has 0 aliphatic carbocycles. The number of hydrogen-bond donors (Lipinski definition) is 2. The Morgan fingerprint density at radius 2 is 2.00 bits per heavy atom. The van der Waals surface area contributed by atoms with Gasteiger partial charge in [-0.1, -0.05) is 13.8 Å². The summed E-state index contributed by atoms with van der Waals surface area (Å²) in [5, 5.41) is 13.6. The van der Waals surface area contributed by atoms with E-state index in [1.807, 2.05) is 19.1 Å². The normalized spacial score (nSPS) is 17.4. The van der Waals surface area contributed by atoms with Crippen LogP contribution in [0.5, 0.6) is 0 Å². The highest BCUT2D eigenvalue weighted by Gasteiger charge is 2.27. The Labute approximate surface area is 97.9 Å². The number of nitrogens with one attached hydrogen (secondary N) is 1. The second kappa shape index (κ2) is 5.02. The average Bonchev–Trinajstić information content (AvgIpc) is 2.61. The smallest absolute Gasteiger partial charge is 0.136 e. The molecule has 1 heterocycles. The van der Waals surface area contributed by atoms with Crippen molar-refractivity contribution in [2.24, 2.45) is 5.92 Å². The second-order valence-electron chi connectivity index (χ2n) is 5.10. The molecule has 0 spiro atoms. The van der Waals surface area contributed by atoms with E-state index in [2.05, 4.69) is 26.1 Å². The summed E-state index contributed by atoms with van der Waals surface area (Å²) in [4.78, 5) is 0. The van der Waals surface area contributed by atoms with Crippen molar-refractivity contribution in [3.05, 3.63) is 23.7 Å². The van der Waals surface area contributed by atoms with Gasteiger partial charge in [0.05, 0.1) is 0 Å². The first-order valence-electron chi connectivity index (χ1n) is 5.85. The summed E-state index contributed by atoms with van der Waals surface area (Å²) in [6.45, 7) is 10.6. The molecule has 1 aromatic rings. The molecule has 2 unspecified atom stereocenters. The average molecular weight is 225 g/mol. The van der Waals surface area contributed by atoms with Crippen LogP contribution in [0.4, 0.5) is 0 Å². The maximum Gasteiger partial charge on any atom is 0.136 e. The Morgan fingerprint density at radius 1 is 1.38 bits per heavy atom. The third kappa shape index (κ3) is 3.35. The Morgan fingerprint density at radius 3 is 2.44 bits per heavy atom. The van der Waals surface area contributed by atoms with Crippen molar-refractivity contribution in [1.82, 2.24) is 5.32 Å². The van der Waals surface area contributed by atoms with E-state index in [9.17, 15) is 5.11 Å². The van der Waals surface area contributed by atoms with Crippen LogP contribution in [0.1, 0.15) is 39.2 Å². The monoisotopic (exact) mass is 225 g/mol. The largest absolute Gasteiger partial charge is 0.463 e. The van der Waals surface area contributed by atoms with E-state index in [4.69, 9.17) is 4.42 Å². The quantitative estimate of drug-likeness (QED) is 0.809. The molecule has 92 valence electrons. The van der Waals surface area contributed by atoms with Crippen LogP contribution in [0, 0.1) is 12.8 Å². The van der Waals surface area contributed by atoms with E-state index in [0.717, 1.165) is 5.76 Å². The number of furan rings is 1. The fraction of sp³-hybridized carbons (Fsp3) is 0.692. The zero-order valence-corrected chi connectivity index (χ0v) is 10.9. The first-order chi connectivity index (χ1) is 7.33. The van der Waals surface area contributed by atoms with Crippen LogP contribution in [0.15, 0.2) is 16.5 Å². The lowest BCUT2D eigenvalue weighted by atomic mass is 10.0. The number of rotatable bonds is 5. The lowest BCUT2D eigenvalue weighted by molar-refractivity contribution is 0.0299. The Balaban J connectivity index is 2.58. The summed E-state index contributed by atoms with van der Waals surface area (Å²) >= 11 is 0. The van der Waals surface area contributed by atoms with Gasteiger partial charge in [0.15, 0.2) is 0 Å². The highest BCUT2D eigenvalue weighted by atomic mass is 16.4. The Kier molecular flexibility index (Phi) is 4.16. The van der Waals surface area contributed by atoms with E-state index in [-0.39, 0.29) is 0 Å². The Bertz CT molecular complexity index is 328. The first kappa shape index (κ1) is 13.3. The molecule has 1 aromatic heterocycles. The van der Waals surface area contributed by atoms with Gasteiger partial charge in [0.2, 0.25) is 0 Å². The zero-order valence-electron chi connectivity index (χ0n) is 10.9. The van der Waals surface area contributed by atoms with Crippen LogP contribution in [0.2, 0.25) is 0 Å². The van der Waals surface area contributed by atoms with Gasteiger partial charge < -0.3 is 14.8 Å². The molecule has 2 atom stereocenters. The fourth-order valence-corrected chi connectivity index (χ4v) is 1.41. The van der Waals surface area contributed by atoms with Crippen LogP contribution < -0.4 is 5.32 Å². The van der Waals surface area contributed by atoms with Gasteiger partial charge in [0.1, 0.15) is 17.1 Å². The molecule has 0 bridgehead atoms. The number of hydrogen-bond acceptors (Lipinski definition) is 3. The topological polar surface area (TPSA) is 45.4 Å². The number of aliphatic hydroxyl groups is 1. The molecule has 3 heteroatoms. The van der Waals surface area contributed by atoms with Crippen LogP contribution in [-0.2, 0) is 5.60 Å². The number of aryl methyl sites for hydroxylation is 1. The molecule has 1 rings (SSSR count). The van der Waals surface area contributed by atoms with Gasteiger partial charge in [-0.3, -0.25) is 0 Å². The third-order valence-electron chi connectivity index (χ3n) is 3.04. The van der Waals surface area contributed by atoms with E-state index in [1.165, 1.54) is 0 Å². The van der Waals surface area contributed by atoms with Gasteiger partial charge in [-0.2, -0.15) is 0 Å². The third-order valence-corrected chi connectivity index (χ3v) is 3.04. The van der Waals surface area contributed by atoms with Crippen molar-refractivity contribution in [1.29, 1.82) is 0 Å². The van der Waals surface area contributed by atoms with Crippen molar-refractivity contribution in [2.75, 3.05) is 6.54 Å². The summed E-state index contributed by atoms with van der Waals surface area (Å²) in [7, 11) is 0. The fourth-order valence-electron chi connectivity index (χ4n) is 1.41. The molecule has 0 aromatic carbocycles. The summed E-state index contributed by atoms with van der Waals surface area (Å²) < 4.78 is 5.45. The highest BCUT2D eigenvalue weighted by molar-refractivity contribution is 5.12. The van der Waals surface area contributed by atoms with Crippen molar-refractivity contribution in [2.45, 2.75) is 46.3 Å². The maximum atomic E-state index is 10.3. The van der Waals surface area contributed by atoms with Crippen molar-refractivity contribution >= 4 is 0 Å². The predicted molar refractivity (Wildman–Crippen MR) is 65.3 cm³/mol. The first-order valence-corrected chi connectivity index (χ1v) is 5.85. The molecule has 0 saturated carbocycles. The molecular weight excluding hydrogens is 202 g/mol. The van der Waals surface area contributed by atoms with Crippen LogP contribution in [-0.4, -0.2) is 17.7 Å². The van der Waals surface area contributed by atoms with Crippen molar-refractivity contribution in [3.63, 3.8) is 0 Å². The van der Waals surface area contributed by atoms with Gasteiger partial charge in [0, 0.05) is 12.6 Å².